The molecule has 1 N–H and O–H groups in total. The topological polar surface area (TPSA) is 37.9 Å². The summed E-state index contributed by atoms with van der Waals surface area (Å²) in [5, 5.41) is 0. The summed E-state index contributed by atoms with van der Waals surface area (Å²) in [6, 6.07) is 6.53. The summed E-state index contributed by atoms with van der Waals surface area (Å²) in [5.74, 6) is 2.98. The van der Waals surface area contributed by atoms with E-state index in [4.69, 9.17) is 9.72 Å². The maximum absolute atomic E-state index is 5.92. The second-order valence-corrected chi connectivity index (χ2v) is 6.11. The van der Waals surface area contributed by atoms with Crippen LogP contribution >= 0.6 is 0 Å². The van der Waals surface area contributed by atoms with Gasteiger partial charge in [0.1, 0.15) is 11.6 Å². The van der Waals surface area contributed by atoms with Gasteiger partial charge < -0.3 is 9.72 Å². The standard InChI is InChI=1S/C17H22N2O/c1-10(2)12-5-6-13-15(9-12)20-8-7-14-16(13)19-17(18-14)11(3)4/h5-6,9-11H,7-8H2,1-4H3,(H,18,19). The first-order valence-corrected chi connectivity index (χ1v) is 7.42. The number of rotatable bonds is 2. The normalized spacial score (nSPS) is 13.9. The molecule has 3 nitrogen and oxygen atoms in total. The van der Waals surface area contributed by atoms with Crippen LogP contribution in [0.25, 0.3) is 11.3 Å². The van der Waals surface area contributed by atoms with Crippen molar-refractivity contribution in [3.8, 4) is 17.0 Å². The van der Waals surface area contributed by atoms with E-state index in [0.29, 0.717) is 18.4 Å². The predicted octanol–water partition coefficient (Wildman–Crippen LogP) is 4.26. The van der Waals surface area contributed by atoms with Crippen LogP contribution in [-0.4, -0.2) is 16.6 Å². The van der Waals surface area contributed by atoms with E-state index in [1.54, 1.807) is 0 Å². The minimum absolute atomic E-state index is 0.418. The molecule has 2 aromatic rings. The molecule has 1 aromatic carbocycles. The molecule has 0 saturated heterocycles. The molecule has 106 valence electrons. The Bertz CT molecular complexity index is 626. The molecule has 1 aliphatic heterocycles. The maximum atomic E-state index is 5.92. The van der Waals surface area contributed by atoms with E-state index in [1.807, 2.05) is 0 Å². The van der Waals surface area contributed by atoms with Crippen LogP contribution in [0.3, 0.4) is 0 Å². The highest BCUT2D eigenvalue weighted by Crippen LogP contribution is 2.36. The number of nitrogens with zero attached hydrogens (tertiary/aromatic N) is 1. The number of aromatic amines is 1. The molecule has 1 aromatic heterocycles. The van der Waals surface area contributed by atoms with Crippen LogP contribution in [-0.2, 0) is 6.42 Å². The minimum atomic E-state index is 0.418. The first-order chi connectivity index (χ1) is 9.56. The monoisotopic (exact) mass is 270 g/mol. The van der Waals surface area contributed by atoms with Crippen LogP contribution in [0.5, 0.6) is 5.75 Å². The Morgan fingerprint density at radius 3 is 2.65 bits per heavy atom. The van der Waals surface area contributed by atoms with Crippen LogP contribution < -0.4 is 4.74 Å². The molecule has 0 radical (unpaired) electrons. The molecule has 0 amide bonds. The van der Waals surface area contributed by atoms with E-state index in [9.17, 15) is 0 Å². The van der Waals surface area contributed by atoms with Crippen molar-refractivity contribution < 1.29 is 4.74 Å². The van der Waals surface area contributed by atoms with E-state index >= 15 is 0 Å². The summed E-state index contributed by atoms with van der Waals surface area (Å²) >= 11 is 0. The van der Waals surface area contributed by atoms with Crippen LogP contribution in [0, 0.1) is 0 Å². The lowest BCUT2D eigenvalue weighted by atomic mass is 9.99. The van der Waals surface area contributed by atoms with Gasteiger partial charge in [-0.05, 0) is 23.6 Å². The van der Waals surface area contributed by atoms with Crippen molar-refractivity contribution in [3.05, 3.63) is 35.3 Å². The quantitative estimate of drug-likeness (QED) is 0.885. The van der Waals surface area contributed by atoms with Gasteiger partial charge >= 0.3 is 0 Å². The Balaban J connectivity index is 2.11. The lowest BCUT2D eigenvalue weighted by Crippen LogP contribution is -2.00. The Morgan fingerprint density at radius 2 is 1.95 bits per heavy atom. The number of hydrogen-bond acceptors (Lipinski definition) is 2. The zero-order valence-corrected chi connectivity index (χ0v) is 12.7. The number of hydrogen-bond donors (Lipinski definition) is 1. The van der Waals surface area contributed by atoms with Gasteiger partial charge in [-0.1, -0.05) is 33.8 Å². The molecule has 0 bridgehead atoms. The highest BCUT2D eigenvalue weighted by atomic mass is 16.5. The molecule has 1 aliphatic rings. The van der Waals surface area contributed by atoms with Gasteiger partial charge in [-0.3, -0.25) is 0 Å². The molecular formula is C17H22N2O. The van der Waals surface area contributed by atoms with Gasteiger partial charge in [-0.2, -0.15) is 0 Å². The lowest BCUT2D eigenvalue weighted by Gasteiger charge is -2.12. The van der Waals surface area contributed by atoms with Crippen LogP contribution in [0.15, 0.2) is 18.2 Å². The van der Waals surface area contributed by atoms with Crippen LogP contribution in [0.2, 0.25) is 0 Å². The average Bonchev–Trinajstić information content (AvgIpc) is 2.76. The Hall–Kier alpha value is -1.77. The van der Waals surface area contributed by atoms with Gasteiger partial charge in [0, 0.05) is 17.9 Å². The third kappa shape index (κ3) is 2.21. The molecule has 0 unspecified atom stereocenters. The predicted molar refractivity (Wildman–Crippen MR) is 81.4 cm³/mol. The van der Waals surface area contributed by atoms with Crippen molar-refractivity contribution in [1.82, 2.24) is 9.97 Å². The molecular weight excluding hydrogens is 248 g/mol. The molecule has 20 heavy (non-hydrogen) atoms. The molecule has 0 atom stereocenters. The Morgan fingerprint density at radius 1 is 1.15 bits per heavy atom. The van der Waals surface area contributed by atoms with Gasteiger partial charge in [0.15, 0.2) is 0 Å². The highest BCUT2D eigenvalue weighted by Gasteiger charge is 2.21. The number of aromatic nitrogens is 2. The first kappa shape index (κ1) is 13.2. The minimum Gasteiger partial charge on any atom is -0.492 e. The molecule has 0 saturated carbocycles. The van der Waals surface area contributed by atoms with Crippen molar-refractivity contribution in [2.75, 3.05) is 6.61 Å². The first-order valence-electron chi connectivity index (χ1n) is 7.42. The number of ether oxygens (including phenoxy) is 1. The number of imidazole rings is 1. The molecule has 0 spiro atoms. The third-order valence-corrected chi connectivity index (χ3v) is 3.88. The number of benzene rings is 1. The van der Waals surface area contributed by atoms with Crippen molar-refractivity contribution in [2.45, 2.75) is 46.0 Å². The number of H-pyrrole nitrogens is 1. The van der Waals surface area contributed by atoms with E-state index < -0.39 is 0 Å². The van der Waals surface area contributed by atoms with E-state index in [-0.39, 0.29) is 0 Å². The third-order valence-electron chi connectivity index (χ3n) is 3.88. The SMILES string of the molecule is CC(C)c1ccc2c(c1)OCCc1nc(C(C)C)[nH]c1-2. The fourth-order valence-electron chi connectivity index (χ4n) is 2.59. The van der Waals surface area contributed by atoms with Gasteiger partial charge in [0.05, 0.1) is 18.0 Å². The largest absolute Gasteiger partial charge is 0.492 e. The van der Waals surface area contributed by atoms with Crippen LogP contribution in [0.4, 0.5) is 0 Å². The summed E-state index contributed by atoms with van der Waals surface area (Å²) in [5.41, 5.74) is 4.72. The van der Waals surface area contributed by atoms with Crippen molar-refractivity contribution in [1.29, 1.82) is 0 Å². The van der Waals surface area contributed by atoms with Gasteiger partial charge in [0.2, 0.25) is 0 Å². The summed E-state index contributed by atoms with van der Waals surface area (Å²) in [4.78, 5) is 8.22. The second kappa shape index (κ2) is 4.97. The van der Waals surface area contributed by atoms with Gasteiger partial charge in [0.25, 0.3) is 0 Å². The summed E-state index contributed by atoms with van der Waals surface area (Å²) in [7, 11) is 0. The van der Waals surface area contributed by atoms with Gasteiger partial charge in [-0.15, -0.1) is 0 Å². The van der Waals surface area contributed by atoms with Crippen molar-refractivity contribution in [3.63, 3.8) is 0 Å². The average molecular weight is 270 g/mol. The van der Waals surface area contributed by atoms with Crippen molar-refractivity contribution >= 4 is 0 Å². The summed E-state index contributed by atoms with van der Waals surface area (Å²) in [6.45, 7) is 9.44. The fraction of sp³-hybridized carbons (Fsp3) is 0.471. The fourth-order valence-corrected chi connectivity index (χ4v) is 2.59. The maximum Gasteiger partial charge on any atom is 0.128 e. The Kier molecular flexibility index (Phi) is 3.28. The Labute approximate surface area is 120 Å². The molecule has 2 heterocycles. The summed E-state index contributed by atoms with van der Waals surface area (Å²) < 4.78 is 5.92. The van der Waals surface area contributed by atoms with Gasteiger partial charge in [-0.25, -0.2) is 4.98 Å². The zero-order chi connectivity index (χ0) is 14.3. The van der Waals surface area contributed by atoms with Crippen LogP contribution in [0.1, 0.15) is 56.6 Å². The number of fused-ring (bicyclic) bond motifs is 3. The van der Waals surface area contributed by atoms with E-state index in [1.165, 1.54) is 5.56 Å². The molecule has 0 aliphatic carbocycles. The zero-order valence-electron chi connectivity index (χ0n) is 12.7. The highest BCUT2D eigenvalue weighted by molar-refractivity contribution is 5.71. The molecule has 0 fully saturated rings. The number of nitrogens with one attached hydrogen (secondary N) is 1. The smallest absolute Gasteiger partial charge is 0.128 e. The molecule has 3 rings (SSSR count). The summed E-state index contributed by atoms with van der Waals surface area (Å²) in [6.07, 6.45) is 0.865. The second-order valence-electron chi connectivity index (χ2n) is 6.11. The van der Waals surface area contributed by atoms with E-state index in [2.05, 4.69) is 50.9 Å². The van der Waals surface area contributed by atoms with Crippen molar-refractivity contribution in [2.24, 2.45) is 0 Å². The molecule has 3 heteroatoms. The van der Waals surface area contributed by atoms with E-state index in [0.717, 1.165) is 34.9 Å². The lowest BCUT2D eigenvalue weighted by molar-refractivity contribution is 0.325.